The Kier molecular flexibility index (Phi) is 6.75. The molecule has 0 amide bonds. The van der Waals surface area contributed by atoms with E-state index in [0.29, 0.717) is 17.6 Å². The molecule has 0 aromatic heterocycles. The monoisotopic (exact) mass is 321 g/mol. The third-order valence-corrected chi connectivity index (χ3v) is 2.93. The van der Waals surface area contributed by atoms with Gasteiger partial charge < -0.3 is 10.1 Å². The van der Waals surface area contributed by atoms with Gasteiger partial charge in [0.25, 0.3) is 0 Å². The van der Waals surface area contributed by atoms with Crippen LogP contribution in [0.2, 0.25) is 0 Å². The fourth-order valence-corrected chi connectivity index (χ4v) is 2.12. The zero-order chi connectivity index (χ0) is 13.5. The summed E-state index contributed by atoms with van der Waals surface area (Å²) in [6.07, 6.45) is 0.879. The van der Waals surface area contributed by atoms with Crippen LogP contribution in [0.1, 0.15) is 31.9 Å². The summed E-state index contributed by atoms with van der Waals surface area (Å²) in [5.74, 6) is -1.12. The molecule has 0 spiro atoms. The van der Waals surface area contributed by atoms with Crippen molar-refractivity contribution in [3.05, 3.63) is 33.8 Å². The summed E-state index contributed by atoms with van der Waals surface area (Å²) in [4.78, 5) is 0. The van der Waals surface area contributed by atoms with Gasteiger partial charge in [-0.3, -0.25) is 0 Å². The highest BCUT2D eigenvalue weighted by Gasteiger charge is 2.20. The Morgan fingerprint density at radius 3 is 2.39 bits per heavy atom. The van der Waals surface area contributed by atoms with Gasteiger partial charge in [0, 0.05) is 16.6 Å². The van der Waals surface area contributed by atoms with E-state index < -0.39 is 17.7 Å². The van der Waals surface area contributed by atoms with Gasteiger partial charge in [-0.2, -0.15) is 0 Å². The van der Waals surface area contributed by atoms with E-state index in [1.54, 1.807) is 0 Å². The molecule has 0 heterocycles. The summed E-state index contributed by atoms with van der Waals surface area (Å²) < 4.78 is 33.4. The molecule has 5 heteroatoms. The number of halogens is 3. The highest BCUT2D eigenvalue weighted by Crippen LogP contribution is 2.25. The molecule has 0 fully saturated rings. The molecule has 0 saturated carbocycles. The van der Waals surface area contributed by atoms with E-state index in [1.807, 2.05) is 13.8 Å². The molecule has 2 nitrogen and oxygen atoms in total. The van der Waals surface area contributed by atoms with Gasteiger partial charge in [-0.1, -0.05) is 29.8 Å². The molecule has 0 radical (unpaired) electrons. The molecule has 1 aromatic rings. The average molecular weight is 322 g/mol. The van der Waals surface area contributed by atoms with Crippen LogP contribution in [0.4, 0.5) is 8.78 Å². The van der Waals surface area contributed by atoms with E-state index in [1.165, 1.54) is 12.1 Å². The number of hydrogen-bond donors (Lipinski definition) is 1. The lowest BCUT2D eigenvalue weighted by Gasteiger charge is -2.19. The molecular weight excluding hydrogens is 304 g/mol. The van der Waals surface area contributed by atoms with Gasteiger partial charge >= 0.3 is 0 Å². The summed E-state index contributed by atoms with van der Waals surface area (Å²) in [5.41, 5.74) is 0.0381. The summed E-state index contributed by atoms with van der Waals surface area (Å²) in [6, 6.07) is 2.07. The molecule has 0 saturated heterocycles. The molecule has 1 rings (SSSR count). The molecule has 1 atom stereocenters. The van der Waals surface area contributed by atoms with Crippen molar-refractivity contribution in [2.24, 2.45) is 0 Å². The van der Waals surface area contributed by atoms with Gasteiger partial charge in [0.15, 0.2) is 0 Å². The number of nitrogens with one attached hydrogen (secondary N) is 1. The fraction of sp³-hybridized carbons (Fsp3) is 0.538. The minimum Gasteiger partial charge on any atom is -0.379 e. The molecule has 0 aliphatic carbocycles. The highest BCUT2D eigenvalue weighted by molar-refractivity contribution is 9.10. The van der Waals surface area contributed by atoms with Crippen LogP contribution in [-0.4, -0.2) is 19.8 Å². The van der Waals surface area contributed by atoms with Gasteiger partial charge in [-0.15, -0.1) is 0 Å². The summed E-state index contributed by atoms with van der Waals surface area (Å²) in [7, 11) is 0. The van der Waals surface area contributed by atoms with Crippen molar-refractivity contribution in [3.63, 3.8) is 0 Å². The Hall–Kier alpha value is -0.520. The Morgan fingerprint density at radius 2 is 1.89 bits per heavy atom. The molecule has 1 aromatic carbocycles. The molecule has 1 unspecified atom stereocenters. The molecule has 0 aliphatic rings. The average Bonchev–Trinajstić information content (AvgIpc) is 2.28. The quantitative estimate of drug-likeness (QED) is 0.771. The van der Waals surface area contributed by atoms with E-state index in [2.05, 4.69) is 21.2 Å². The van der Waals surface area contributed by atoms with Crippen molar-refractivity contribution in [2.75, 3.05) is 19.8 Å². The lowest BCUT2D eigenvalue weighted by atomic mass is 10.1. The molecule has 0 aliphatic heterocycles. The lowest BCUT2D eigenvalue weighted by molar-refractivity contribution is 0.110. The second-order valence-corrected chi connectivity index (χ2v) is 4.88. The summed E-state index contributed by atoms with van der Waals surface area (Å²) >= 11 is 3.07. The largest absolute Gasteiger partial charge is 0.379 e. The molecule has 1 N–H and O–H groups in total. The van der Waals surface area contributed by atoms with Crippen LogP contribution in [0, 0.1) is 11.6 Å². The van der Waals surface area contributed by atoms with E-state index >= 15 is 0 Å². The third-order valence-electron chi connectivity index (χ3n) is 2.48. The Balaban J connectivity index is 2.90. The Morgan fingerprint density at radius 1 is 1.28 bits per heavy atom. The fourth-order valence-electron chi connectivity index (χ4n) is 1.72. The normalized spacial score (nSPS) is 12.7. The first kappa shape index (κ1) is 15.5. The van der Waals surface area contributed by atoms with Gasteiger partial charge in [0.2, 0.25) is 0 Å². The Bertz CT molecular complexity index is 364. The first-order chi connectivity index (χ1) is 8.60. The second kappa shape index (κ2) is 7.81. The molecule has 0 bridgehead atoms. The smallest absolute Gasteiger partial charge is 0.132 e. The van der Waals surface area contributed by atoms with Crippen molar-refractivity contribution in [1.29, 1.82) is 0 Å². The number of benzene rings is 1. The number of rotatable bonds is 7. The number of hydrogen-bond acceptors (Lipinski definition) is 2. The van der Waals surface area contributed by atoms with Crippen LogP contribution in [0.3, 0.4) is 0 Å². The van der Waals surface area contributed by atoms with Crippen LogP contribution < -0.4 is 5.32 Å². The maximum Gasteiger partial charge on any atom is 0.132 e. The van der Waals surface area contributed by atoms with E-state index in [-0.39, 0.29) is 12.2 Å². The van der Waals surface area contributed by atoms with Gasteiger partial charge in [-0.05, 0) is 25.1 Å². The SMILES string of the molecule is CCCOCC(NCC)c1c(F)cc(Br)cc1F. The van der Waals surface area contributed by atoms with Gasteiger partial charge in [0.05, 0.1) is 12.6 Å². The van der Waals surface area contributed by atoms with E-state index in [4.69, 9.17) is 4.74 Å². The summed E-state index contributed by atoms with van der Waals surface area (Å²) in [6.45, 7) is 5.35. The van der Waals surface area contributed by atoms with Crippen molar-refractivity contribution in [1.82, 2.24) is 5.32 Å². The van der Waals surface area contributed by atoms with Crippen LogP contribution >= 0.6 is 15.9 Å². The number of ether oxygens (including phenoxy) is 1. The van der Waals surface area contributed by atoms with Crippen molar-refractivity contribution >= 4 is 15.9 Å². The zero-order valence-electron chi connectivity index (χ0n) is 10.6. The maximum absolute atomic E-state index is 13.8. The van der Waals surface area contributed by atoms with Crippen molar-refractivity contribution < 1.29 is 13.5 Å². The maximum atomic E-state index is 13.8. The minimum atomic E-state index is -0.562. The third kappa shape index (κ3) is 4.30. The van der Waals surface area contributed by atoms with Gasteiger partial charge in [0.1, 0.15) is 11.6 Å². The lowest BCUT2D eigenvalue weighted by Crippen LogP contribution is -2.27. The standard InChI is InChI=1S/C13H18BrF2NO/c1-3-5-18-8-12(17-4-2)13-10(15)6-9(14)7-11(13)16/h6-7,12,17H,3-5,8H2,1-2H3. The zero-order valence-corrected chi connectivity index (χ0v) is 12.2. The molecular formula is C13H18BrF2NO. The summed E-state index contributed by atoms with van der Waals surface area (Å²) in [5, 5.41) is 3.04. The topological polar surface area (TPSA) is 21.3 Å². The first-order valence-electron chi connectivity index (χ1n) is 6.05. The number of likely N-dealkylation sites (N-methyl/N-ethyl adjacent to an activating group) is 1. The molecule has 102 valence electrons. The van der Waals surface area contributed by atoms with Crippen LogP contribution in [0.15, 0.2) is 16.6 Å². The highest BCUT2D eigenvalue weighted by atomic mass is 79.9. The van der Waals surface area contributed by atoms with Crippen molar-refractivity contribution in [3.8, 4) is 0 Å². The van der Waals surface area contributed by atoms with Gasteiger partial charge in [-0.25, -0.2) is 8.78 Å². The van der Waals surface area contributed by atoms with Crippen LogP contribution in [0.25, 0.3) is 0 Å². The van der Waals surface area contributed by atoms with E-state index in [9.17, 15) is 8.78 Å². The predicted octanol–water partition coefficient (Wildman–Crippen LogP) is 3.80. The minimum absolute atomic E-state index is 0.0381. The molecule has 18 heavy (non-hydrogen) atoms. The van der Waals surface area contributed by atoms with Crippen LogP contribution in [0.5, 0.6) is 0 Å². The van der Waals surface area contributed by atoms with E-state index in [0.717, 1.165) is 6.42 Å². The first-order valence-corrected chi connectivity index (χ1v) is 6.85. The van der Waals surface area contributed by atoms with Crippen molar-refractivity contribution in [2.45, 2.75) is 26.3 Å². The Labute approximate surface area is 115 Å². The predicted molar refractivity (Wildman–Crippen MR) is 71.6 cm³/mol. The second-order valence-electron chi connectivity index (χ2n) is 3.97. The van der Waals surface area contributed by atoms with Crippen LogP contribution in [-0.2, 0) is 4.74 Å².